The van der Waals surface area contributed by atoms with Crippen LogP contribution >= 0.6 is 11.8 Å². The summed E-state index contributed by atoms with van der Waals surface area (Å²) >= 11 is 1.55. The molecule has 0 aliphatic heterocycles. The first kappa shape index (κ1) is 23.3. The van der Waals surface area contributed by atoms with E-state index < -0.39 is 0 Å². The summed E-state index contributed by atoms with van der Waals surface area (Å²) in [6.07, 6.45) is 3.58. The van der Waals surface area contributed by atoms with Gasteiger partial charge < -0.3 is 10.2 Å². The smallest absolute Gasteiger partial charge is 0.196 e. The van der Waals surface area contributed by atoms with Crippen molar-refractivity contribution in [2.24, 2.45) is 0 Å². The third-order valence-corrected chi connectivity index (χ3v) is 5.75. The van der Waals surface area contributed by atoms with E-state index in [1.165, 1.54) is 6.07 Å². The number of nitrogens with zero attached hydrogens (tertiary/aromatic N) is 4. The van der Waals surface area contributed by atoms with Crippen molar-refractivity contribution in [1.29, 1.82) is 0 Å². The van der Waals surface area contributed by atoms with Crippen molar-refractivity contribution in [3.05, 3.63) is 78.1 Å². The second-order valence-corrected chi connectivity index (χ2v) is 8.15. The van der Waals surface area contributed by atoms with Gasteiger partial charge in [0.25, 0.3) is 0 Å². The van der Waals surface area contributed by atoms with Gasteiger partial charge in [-0.15, -0.1) is 10.2 Å². The molecule has 4 aromatic rings. The number of hydrogen-bond donors (Lipinski definition) is 2. The third kappa shape index (κ3) is 5.11. The minimum Gasteiger partial charge on any atom is -0.508 e. The van der Waals surface area contributed by atoms with Gasteiger partial charge >= 0.3 is 0 Å². The molecule has 0 unspecified atom stereocenters. The molecule has 7 heteroatoms. The van der Waals surface area contributed by atoms with Crippen LogP contribution in [0.3, 0.4) is 0 Å². The van der Waals surface area contributed by atoms with Crippen LogP contribution in [-0.2, 0) is 5.75 Å². The molecule has 0 bridgehead atoms. The maximum absolute atomic E-state index is 10.6. The Labute approximate surface area is 193 Å². The van der Waals surface area contributed by atoms with Crippen molar-refractivity contribution in [2.75, 3.05) is 0 Å². The first-order valence-electron chi connectivity index (χ1n) is 10.6. The van der Waals surface area contributed by atoms with Gasteiger partial charge in [-0.1, -0.05) is 63.7 Å². The van der Waals surface area contributed by atoms with Gasteiger partial charge in [-0.2, -0.15) is 0 Å². The van der Waals surface area contributed by atoms with E-state index in [1.807, 2.05) is 80.9 Å². The molecule has 166 valence electrons. The zero-order valence-electron chi connectivity index (χ0n) is 18.7. The van der Waals surface area contributed by atoms with Gasteiger partial charge in [-0.3, -0.25) is 9.55 Å². The van der Waals surface area contributed by atoms with Crippen molar-refractivity contribution in [2.45, 2.75) is 44.5 Å². The Bertz CT molecular complexity index is 1150. The Kier molecular flexibility index (Phi) is 7.89. The number of benzene rings is 2. The van der Waals surface area contributed by atoms with Crippen molar-refractivity contribution >= 4 is 11.8 Å². The fraction of sp³-hybridized carbons (Fsp3) is 0.240. The van der Waals surface area contributed by atoms with Gasteiger partial charge in [-0.05, 0) is 41.3 Å². The van der Waals surface area contributed by atoms with Crippen molar-refractivity contribution in [3.63, 3.8) is 0 Å². The van der Waals surface area contributed by atoms with Gasteiger partial charge in [-0.25, -0.2) is 0 Å². The van der Waals surface area contributed by atoms with E-state index in [-0.39, 0.29) is 17.4 Å². The number of pyridine rings is 1. The van der Waals surface area contributed by atoms with Gasteiger partial charge in [0.05, 0.1) is 5.56 Å². The van der Waals surface area contributed by atoms with Crippen LogP contribution in [0.4, 0.5) is 0 Å². The van der Waals surface area contributed by atoms with Crippen molar-refractivity contribution in [3.8, 4) is 28.6 Å². The number of phenols is 2. The Morgan fingerprint density at radius 1 is 0.938 bits per heavy atom. The molecule has 32 heavy (non-hydrogen) atoms. The quantitative estimate of drug-likeness (QED) is 0.343. The first-order valence-corrected chi connectivity index (χ1v) is 11.6. The number of phenolic OH excluding ortho intramolecular Hbond substituents is 2. The second-order valence-electron chi connectivity index (χ2n) is 7.21. The zero-order chi connectivity index (χ0) is 23.1. The predicted octanol–water partition coefficient (Wildman–Crippen LogP) is 6.18. The molecular formula is C25H28N4O2S. The first-order chi connectivity index (χ1) is 15.5. The highest BCUT2D eigenvalue weighted by molar-refractivity contribution is 7.98. The van der Waals surface area contributed by atoms with E-state index in [0.29, 0.717) is 22.3 Å². The molecule has 4 rings (SSSR count). The van der Waals surface area contributed by atoms with Gasteiger partial charge in [0.15, 0.2) is 11.0 Å². The highest BCUT2D eigenvalue weighted by Crippen LogP contribution is 2.39. The third-order valence-electron chi connectivity index (χ3n) is 4.75. The lowest BCUT2D eigenvalue weighted by Crippen LogP contribution is -2.01. The molecule has 6 nitrogen and oxygen atoms in total. The summed E-state index contributed by atoms with van der Waals surface area (Å²) in [5.41, 5.74) is 3.25. The van der Waals surface area contributed by atoms with Crippen LogP contribution in [0.2, 0.25) is 0 Å². The normalized spacial score (nSPS) is 10.7. The number of hydrogen-bond acceptors (Lipinski definition) is 6. The summed E-state index contributed by atoms with van der Waals surface area (Å²) in [5.74, 6) is 1.34. The molecule has 0 saturated carbocycles. The van der Waals surface area contributed by atoms with Gasteiger partial charge in [0, 0.05) is 29.9 Å². The average Bonchev–Trinajstić information content (AvgIpc) is 3.24. The van der Waals surface area contributed by atoms with Crippen molar-refractivity contribution in [1.82, 2.24) is 19.7 Å². The molecule has 2 N–H and O–H groups in total. The fourth-order valence-corrected chi connectivity index (χ4v) is 4.10. The Hall–Kier alpha value is -3.32. The topological polar surface area (TPSA) is 84.1 Å². The van der Waals surface area contributed by atoms with E-state index >= 15 is 0 Å². The molecule has 0 atom stereocenters. The number of aromatic nitrogens is 4. The van der Waals surface area contributed by atoms with Gasteiger partial charge in [0.1, 0.15) is 11.5 Å². The molecule has 0 aliphatic rings. The molecule has 0 amide bonds. The molecule has 0 saturated heterocycles. The monoisotopic (exact) mass is 448 g/mol. The zero-order valence-corrected chi connectivity index (χ0v) is 19.5. The Morgan fingerprint density at radius 2 is 1.69 bits per heavy atom. The highest BCUT2D eigenvalue weighted by atomic mass is 32.2. The summed E-state index contributed by atoms with van der Waals surface area (Å²) in [5, 5.41) is 30.3. The standard InChI is InChI=1S/C23H22N4O2S.C2H6/c1-15(2)18-11-19(21(29)12-20(18)28)22-25-26-23(27(22)17-8-4-3-5-9-17)30-14-16-7-6-10-24-13-16;1-2/h3-13,15,28-29H,14H2,1-2H3;1-2H3. The van der Waals surface area contributed by atoms with Crippen LogP contribution in [0.1, 0.15) is 44.7 Å². The maximum Gasteiger partial charge on any atom is 0.196 e. The number of rotatable bonds is 6. The molecule has 2 aromatic heterocycles. The fourth-order valence-electron chi connectivity index (χ4n) is 3.21. The Morgan fingerprint density at radius 3 is 2.34 bits per heavy atom. The average molecular weight is 449 g/mol. The van der Waals surface area contributed by atoms with Crippen LogP contribution in [0.5, 0.6) is 11.5 Å². The molecule has 0 aliphatic carbocycles. The highest BCUT2D eigenvalue weighted by Gasteiger charge is 2.21. The molecule has 2 aromatic carbocycles. The summed E-state index contributed by atoms with van der Waals surface area (Å²) in [6, 6.07) is 16.9. The van der Waals surface area contributed by atoms with Crippen LogP contribution in [0.25, 0.3) is 17.1 Å². The number of thioether (sulfide) groups is 1. The largest absolute Gasteiger partial charge is 0.508 e. The summed E-state index contributed by atoms with van der Waals surface area (Å²) in [6.45, 7) is 7.99. The molecule has 2 heterocycles. The maximum atomic E-state index is 10.6. The van der Waals surface area contributed by atoms with E-state index in [2.05, 4.69) is 15.2 Å². The number of para-hydroxylation sites is 1. The Balaban J connectivity index is 0.00000141. The van der Waals surface area contributed by atoms with Crippen LogP contribution in [-0.4, -0.2) is 30.0 Å². The summed E-state index contributed by atoms with van der Waals surface area (Å²) in [7, 11) is 0. The minimum absolute atomic E-state index is 0.0368. The summed E-state index contributed by atoms with van der Waals surface area (Å²) in [4.78, 5) is 4.16. The van der Waals surface area contributed by atoms with E-state index in [4.69, 9.17) is 0 Å². The SMILES string of the molecule is CC.CC(C)c1cc(-c2nnc(SCc3cccnc3)n2-c2ccccc2)c(O)cc1O. The lowest BCUT2D eigenvalue weighted by Gasteiger charge is -2.14. The van der Waals surface area contributed by atoms with Crippen molar-refractivity contribution < 1.29 is 10.2 Å². The van der Waals surface area contributed by atoms with E-state index in [0.717, 1.165) is 16.8 Å². The number of aromatic hydroxyl groups is 2. The van der Waals surface area contributed by atoms with Crippen LogP contribution in [0, 0.1) is 0 Å². The molecule has 0 spiro atoms. The predicted molar refractivity (Wildman–Crippen MR) is 129 cm³/mol. The second kappa shape index (κ2) is 10.8. The molecule has 0 fully saturated rings. The minimum atomic E-state index is -0.0368. The van der Waals surface area contributed by atoms with E-state index in [1.54, 1.807) is 24.0 Å². The summed E-state index contributed by atoms with van der Waals surface area (Å²) < 4.78 is 1.93. The lowest BCUT2D eigenvalue weighted by molar-refractivity contribution is 0.444. The molecular weight excluding hydrogens is 420 g/mol. The lowest BCUT2D eigenvalue weighted by atomic mass is 9.98. The van der Waals surface area contributed by atoms with Gasteiger partial charge in [0.2, 0.25) is 0 Å². The van der Waals surface area contributed by atoms with E-state index in [9.17, 15) is 10.2 Å². The van der Waals surface area contributed by atoms with Crippen LogP contribution in [0.15, 0.2) is 72.1 Å². The van der Waals surface area contributed by atoms with Crippen LogP contribution < -0.4 is 0 Å². The molecule has 0 radical (unpaired) electrons.